The molecule has 0 aliphatic heterocycles. The molecule has 2 aromatic heterocycles. The van der Waals surface area contributed by atoms with E-state index >= 15 is 0 Å². The van der Waals surface area contributed by atoms with Gasteiger partial charge in [-0.05, 0) is 19.1 Å². The summed E-state index contributed by atoms with van der Waals surface area (Å²) in [5, 5.41) is 13.5. The molecule has 0 saturated carbocycles. The second kappa shape index (κ2) is 5.76. The standard InChI is InChI=1S/C11H14N6O/c1-2-13-11(18)9-3-4-10(17-16-9)14-6-8-5-12-7-15-8/h3-5,7H,2,6H2,1H3,(H,12,15)(H,13,18)(H,14,17). The van der Waals surface area contributed by atoms with E-state index in [0.29, 0.717) is 24.6 Å². The number of carbonyl (C=O) groups excluding carboxylic acids is 1. The SMILES string of the molecule is CCNC(=O)c1ccc(NCc2cnc[nH]2)nn1. The smallest absolute Gasteiger partial charge is 0.271 e. The second-order valence-corrected chi connectivity index (χ2v) is 3.59. The summed E-state index contributed by atoms with van der Waals surface area (Å²) in [5.74, 6) is 0.391. The molecule has 3 N–H and O–H groups in total. The van der Waals surface area contributed by atoms with Crippen LogP contribution in [0.4, 0.5) is 5.82 Å². The lowest BCUT2D eigenvalue weighted by molar-refractivity contribution is 0.0950. The summed E-state index contributed by atoms with van der Waals surface area (Å²) >= 11 is 0. The summed E-state index contributed by atoms with van der Waals surface area (Å²) in [6, 6.07) is 3.35. The van der Waals surface area contributed by atoms with Crippen LogP contribution in [0, 0.1) is 0 Å². The molecule has 18 heavy (non-hydrogen) atoms. The molecule has 0 fully saturated rings. The average Bonchev–Trinajstić information content (AvgIpc) is 2.90. The highest BCUT2D eigenvalue weighted by molar-refractivity contribution is 5.92. The molecule has 0 aliphatic carbocycles. The van der Waals surface area contributed by atoms with E-state index in [1.54, 1.807) is 24.7 Å². The summed E-state index contributed by atoms with van der Waals surface area (Å²) < 4.78 is 0. The van der Waals surface area contributed by atoms with Gasteiger partial charge in [0.1, 0.15) is 5.82 Å². The first-order valence-electron chi connectivity index (χ1n) is 5.62. The van der Waals surface area contributed by atoms with Crippen molar-refractivity contribution in [2.75, 3.05) is 11.9 Å². The second-order valence-electron chi connectivity index (χ2n) is 3.59. The first-order valence-corrected chi connectivity index (χ1v) is 5.62. The van der Waals surface area contributed by atoms with Crippen molar-refractivity contribution in [2.24, 2.45) is 0 Å². The van der Waals surface area contributed by atoms with Gasteiger partial charge in [0.2, 0.25) is 0 Å². The topological polar surface area (TPSA) is 95.6 Å². The van der Waals surface area contributed by atoms with Crippen LogP contribution in [0.2, 0.25) is 0 Å². The van der Waals surface area contributed by atoms with E-state index in [4.69, 9.17) is 0 Å². The lowest BCUT2D eigenvalue weighted by Crippen LogP contribution is -2.24. The van der Waals surface area contributed by atoms with Gasteiger partial charge in [-0.3, -0.25) is 4.79 Å². The van der Waals surface area contributed by atoms with Crippen molar-refractivity contribution in [1.29, 1.82) is 0 Å². The number of hydrogen-bond donors (Lipinski definition) is 3. The fraction of sp³-hybridized carbons (Fsp3) is 0.273. The summed E-state index contributed by atoms with van der Waals surface area (Å²) in [6.45, 7) is 3.00. The maximum absolute atomic E-state index is 11.5. The fourth-order valence-corrected chi connectivity index (χ4v) is 1.37. The highest BCUT2D eigenvalue weighted by atomic mass is 16.1. The van der Waals surface area contributed by atoms with Crippen molar-refractivity contribution in [1.82, 2.24) is 25.5 Å². The first kappa shape index (κ1) is 12.0. The normalized spacial score (nSPS) is 10.1. The Kier molecular flexibility index (Phi) is 3.85. The van der Waals surface area contributed by atoms with E-state index in [0.717, 1.165) is 5.69 Å². The largest absolute Gasteiger partial charge is 0.363 e. The number of nitrogens with zero attached hydrogens (tertiary/aromatic N) is 3. The van der Waals surface area contributed by atoms with E-state index in [-0.39, 0.29) is 5.91 Å². The van der Waals surface area contributed by atoms with Gasteiger partial charge in [0.05, 0.1) is 18.6 Å². The van der Waals surface area contributed by atoms with E-state index in [1.807, 2.05) is 6.92 Å². The molecule has 7 nitrogen and oxygen atoms in total. The number of anilines is 1. The number of H-pyrrole nitrogens is 1. The third-order valence-electron chi connectivity index (χ3n) is 2.25. The van der Waals surface area contributed by atoms with Crippen LogP contribution < -0.4 is 10.6 Å². The molecule has 2 heterocycles. The van der Waals surface area contributed by atoms with Gasteiger partial charge in [-0.25, -0.2) is 4.98 Å². The minimum atomic E-state index is -0.217. The predicted octanol–water partition coefficient (Wildman–Crippen LogP) is 0.561. The van der Waals surface area contributed by atoms with Gasteiger partial charge in [-0.1, -0.05) is 0 Å². The van der Waals surface area contributed by atoms with E-state index < -0.39 is 0 Å². The van der Waals surface area contributed by atoms with E-state index in [1.165, 1.54) is 0 Å². The van der Waals surface area contributed by atoms with Gasteiger partial charge < -0.3 is 15.6 Å². The third-order valence-corrected chi connectivity index (χ3v) is 2.25. The number of aromatic nitrogens is 4. The molecular formula is C11H14N6O. The Labute approximate surface area is 104 Å². The van der Waals surface area contributed by atoms with Crippen LogP contribution in [0.3, 0.4) is 0 Å². The Morgan fingerprint density at radius 3 is 2.89 bits per heavy atom. The molecule has 0 bridgehead atoms. The molecule has 0 spiro atoms. The van der Waals surface area contributed by atoms with Crippen LogP contribution in [0.25, 0.3) is 0 Å². The highest BCUT2D eigenvalue weighted by Gasteiger charge is 2.06. The van der Waals surface area contributed by atoms with Crippen LogP contribution in [-0.2, 0) is 6.54 Å². The van der Waals surface area contributed by atoms with E-state index in [2.05, 4.69) is 30.8 Å². The maximum atomic E-state index is 11.5. The third kappa shape index (κ3) is 3.03. The molecular weight excluding hydrogens is 232 g/mol. The van der Waals surface area contributed by atoms with Crippen LogP contribution in [-0.4, -0.2) is 32.6 Å². The summed E-state index contributed by atoms with van der Waals surface area (Å²) in [7, 11) is 0. The molecule has 7 heteroatoms. The van der Waals surface area contributed by atoms with Gasteiger partial charge >= 0.3 is 0 Å². The number of rotatable bonds is 5. The lowest BCUT2D eigenvalue weighted by Gasteiger charge is -2.04. The molecule has 0 aliphatic rings. The summed E-state index contributed by atoms with van der Waals surface area (Å²) in [4.78, 5) is 18.3. The molecule has 94 valence electrons. The molecule has 2 rings (SSSR count). The molecule has 0 atom stereocenters. The summed E-state index contributed by atoms with van der Waals surface area (Å²) in [5.41, 5.74) is 1.26. The van der Waals surface area contributed by atoms with Gasteiger partial charge in [-0.2, -0.15) is 0 Å². The number of aromatic amines is 1. The zero-order valence-electron chi connectivity index (χ0n) is 9.97. The van der Waals surface area contributed by atoms with Crippen molar-refractivity contribution in [3.8, 4) is 0 Å². The molecule has 1 amide bonds. The van der Waals surface area contributed by atoms with Gasteiger partial charge in [0.25, 0.3) is 5.91 Å². The van der Waals surface area contributed by atoms with Crippen molar-refractivity contribution in [3.05, 3.63) is 36.0 Å². The number of carbonyl (C=O) groups is 1. The minimum Gasteiger partial charge on any atom is -0.363 e. The van der Waals surface area contributed by atoms with Gasteiger partial charge in [0, 0.05) is 12.7 Å². The Morgan fingerprint density at radius 2 is 2.28 bits per heavy atom. The van der Waals surface area contributed by atoms with Crippen molar-refractivity contribution < 1.29 is 4.79 Å². The lowest BCUT2D eigenvalue weighted by atomic mass is 10.3. The predicted molar refractivity (Wildman–Crippen MR) is 66.0 cm³/mol. The number of imidazole rings is 1. The Bertz CT molecular complexity index is 493. The number of amides is 1. The molecule has 0 unspecified atom stereocenters. The molecule has 2 aromatic rings. The molecule has 0 saturated heterocycles. The minimum absolute atomic E-state index is 0.217. The van der Waals surface area contributed by atoms with Gasteiger partial charge in [0.15, 0.2) is 5.69 Å². The number of nitrogens with one attached hydrogen (secondary N) is 3. The molecule has 0 aromatic carbocycles. The van der Waals surface area contributed by atoms with Crippen LogP contribution >= 0.6 is 0 Å². The van der Waals surface area contributed by atoms with Gasteiger partial charge in [-0.15, -0.1) is 10.2 Å². The van der Waals surface area contributed by atoms with Crippen molar-refractivity contribution in [3.63, 3.8) is 0 Å². The average molecular weight is 246 g/mol. The van der Waals surface area contributed by atoms with Crippen LogP contribution in [0.1, 0.15) is 23.1 Å². The van der Waals surface area contributed by atoms with Crippen molar-refractivity contribution in [2.45, 2.75) is 13.5 Å². The fourth-order valence-electron chi connectivity index (χ4n) is 1.37. The quantitative estimate of drug-likeness (QED) is 0.716. The van der Waals surface area contributed by atoms with E-state index in [9.17, 15) is 4.79 Å². The Morgan fingerprint density at radius 1 is 1.39 bits per heavy atom. The molecule has 0 radical (unpaired) electrons. The first-order chi connectivity index (χ1) is 8.79. The van der Waals surface area contributed by atoms with Crippen LogP contribution in [0.15, 0.2) is 24.7 Å². The Hall–Kier alpha value is -2.44. The zero-order chi connectivity index (χ0) is 12.8. The number of hydrogen-bond acceptors (Lipinski definition) is 5. The highest BCUT2D eigenvalue weighted by Crippen LogP contribution is 2.04. The van der Waals surface area contributed by atoms with Crippen LogP contribution in [0.5, 0.6) is 0 Å². The summed E-state index contributed by atoms with van der Waals surface area (Å²) in [6.07, 6.45) is 3.34. The maximum Gasteiger partial charge on any atom is 0.271 e. The Balaban J connectivity index is 1.93. The monoisotopic (exact) mass is 246 g/mol. The zero-order valence-corrected chi connectivity index (χ0v) is 9.97. The van der Waals surface area contributed by atoms with Crippen molar-refractivity contribution >= 4 is 11.7 Å².